The van der Waals surface area contributed by atoms with E-state index in [4.69, 9.17) is 0 Å². The highest BCUT2D eigenvalue weighted by molar-refractivity contribution is 5.94. The van der Waals surface area contributed by atoms with E-state index < -0.39 is 0 Å². The van der Waals surface area contributed by atoms with Crippen LogP contribution < -0.4 is 0 Å². The number of hydrogen-bond donors (Lipinski definition) is 0. The average molecular weight is 390 g/mol. The molecule has 1 amide bonds. The van der Waals surface area contributed by atoms with Crippen LogP contribution in [0.2, 0.25) is 0 Å². The summed E-state index contributed by atoms with van der Waals surface area (Å²) in [7, 11) is 0. The molecule has 2 aromatic rings. The molecule has 4 heteroatoms. The number of rotatable bonds is 2. The Kier molecular flexibility index (Phi) is 4.91. The second-order valence-electron chi connectivity index (χ2n) is 9.33. The topological polar surface area (TPSA) is 36.4 Å². The number of fused-ring (bicyclic) bond motifs is 4. The van der Waals surface area contributed by atoms with Crippen molar-refractivity contribution in [2.24, 2.45) is 11.8 Å². The van der Waals surface area contributed by atoms with Crippen LogP contribution in [0.1, 0.15) is 59.0 Å². The van der Waals surface area contributed by atoms with Crippen LogP contribution >= 0.6 is 0 Å². The van der Waals surface area contributed by atoms with Crippen molar-refractivity contribution in [3.63, 3.8) is 0 Å². The molecule has 4 heterocycles. The van der Waals surface area contributed by atoms with E-state index in [2.05, 4.69) is 45.1 Å². The minimum atomic E-state index is 0.192. The number of piperidine rings is 3. The van der Waals surface area contributed by atoms with Gasteiger partial charge in [-0.1, -0.05) is 30.3 Å². The van der Waals surface area contributed by atoms with Gasteiger partial charge in [-0.15, -0.1) is 0 Å². The van der Waals surface area contributed by atoms with Crippen molar-refractivity contribution >= 4 is 5.91 Å². The third-order valence-corrected chi connectivity index (χ3v) is 7.19. The smallest absolute Gasteiger partial charge is 0.254 e. The van der Waals surface area contributed by atoms with Crippen molar-refractivity contribution in [1.82, 2.24) is 14.8 Å². The molecule has 29 heavy (non-hydrogen) atoms. The Labute approximate surface area is 173 Å². The van der Waals surface area contributed by atoms with Gasteiger partial charge in [-0.3, -0.25) is 14.7 Å². The van der Waals surface area contributed by atoms with Crippen LogP contribution in [-0.4, -0.2) is 46.4 Å². The number of aromatic nitrogens is 1. The van der Waals surface area contributed by atoms with Gasteiger partial charge in [-0.05, 0) is 69.1 Å². The van der Waals surface area contributed by atoms with Crippen molar-refractivity contribution in [2.45, 2.75) is 51.6 Å². The molecule has 3 saturated heterocycles. The zero-order valence-electron chi connectivity index (χ0n) is 17.6. The first-order chi connectivity index (χ1) is 14.1. The highest BCUT2D eigenvalue weighted by atomic mass is 16.2. The second-order valence-corrected chi connectivity index (χ2v) is 9.33. The van der Waals surface area contributed by atoms with Gasteiger partial charge < -0.3 is 4.90 Å². The molecular formula is C25H31N3O. The summed E-state index contributed by atoms with van der Waals surface area (Å²) in [4.78, 5) is 22.6. The van der Waals surface area contributed by atoms with Gasteiger partial charge >= 0.3 is 0 Å². The molecule has 2 bridgehead atoms. The minimum absolute atomic E-state index is 0.192. The molecule has 3 aliphatic heterocycles. The number of benzene rings is 1. The summed E-state index contributed by atoms with van der Waals surface area (Å²) in [6, 6.07) is 16.1. The average Bonchev–Trinajstić information content (AvgIpc) is 2.72. The van der Waals surface area contributed by atoms with Gasteiger partial charge in [0.1, 0.15) is 0 Å². The van der Waals surface area contributed by atoms with Crippen molar-refractivity contribution in [2.75, 3.05) is 19.6 Å². The van der Waals surface area contributed by atoms with Gasteiger partial charge in [0.05, 0.1) is 0 Å². The molecule has 0 spiro atoms. The maximum Gasteiger partial charge on any atom is 0.254 e. The summed E-state index contributed by atoms with van der Waals surface area (Å²) in [6.07, 6.45) is 5.10. The van der Waals surface area contributed by atoms with Crippen LogP contribution in [0.25, 0.3) is 0 Å². The Morgan fingerprint density at radius 3 is 2.52 bits per heavy atom. The largest absolute Gasteiger partial charge is 0.338 e. The van der Waals surface area contributed by atoms with Crippen LogP contribution in [0.3, 0.4) is 0 Å². The van der Waals surface area contributed by atoms with Gasteiger partial charge in [0.15, 0.2) is 0 Å². The second kappa shape index (κ2) is 7.56. The first kappa shape index (κ1) is 18.8. The van der Waals surface area contributed by atoms with E-state index in [1.807, 2.05) is 26.0 Å². The van der Waals surface area contributed by atoms with Gasteiger partial charge in [0.25, 0.3) is 5.91 Å². The SMILES string of the molecule is Cc1cc(C(=O)N2C[C@@H]3C[C@H](C2)[C@@H]2CCC[C@H](c4ccccc4)N2C3)cc(C)n1. The summed E-state index contributed by atoms with van der Waals surface area (Å²) in [5.74, 6) is 1.38. The maximum absolute atomic E-state index is 13.3. The van der Waals surface area contributed by atoms with Gasteiger partial charge in [0, 0.05) is 48.7 Å². The van der Waals surface area contributed by atoms with Gasteiger partial charge in [-0.2, -0.15) is 0 Å². The minimum Gasteiger partial charge on any atom is -0.338 e. The third kappa shape index (κ3) is 3.59. The molecule has 152 valence electrons. The Balaban J connectivity index is 1.36. The lowest BCUT2D eigenvalue weighted by Crippen LogP contribution is -2.60. The number of carbonyl (C=O) groups excluding carboxylic acids is 1. The fourth-order valence-corrected chi connectivity index (χ4v) is 6.15. The molecule has 0 N–H and O–H groups in total. The molecule has 0 radical (unpaired) electrons. The van der Waals surface area contributed by atoms with Crippen molar-refractivity contribution < 1.29 is 4.79 Å². The number of likely N-dealkylation sites (tertiary alicyclic amines) is 1. The fraction of sp³-hybridized carbons (Fsp3) is 0.520. The third-order valence-electron chi connectivity index (χ3n) is 7.19. The monoisotopic (exact) mass is 389 g/mol. The lowest BCUT2D eigenvalue weighted by atomic mass is 9.74. The number of aryl methyl sites for hydroxylation is 2. The van der Waals surface area contributed by atoms with E-state index in [1.165, 1.54) is 31.2 Å². The van der Waals surface area contributed by atoms with Crippen LogP contribution in [0.15, 0.2) is 42.5 Å². The van der Waals surface area contributed by atoms with Crippen LogP contribution in [0.4, 0.5) is 0 Å². The molecule has 5 rings (SSSR count). The number of nitrogens with zero attached hydrogens (tertiary/aromatic N) is 3. The molecule has 0 unspecified atom stereocenters. The molecule has 4 nitrogen and oxygen atoms in total. The molecule has 1 aromatic carbocycles. The Bertz CT molecular complexity index is 876. The van der Waals surface area contributed by atoms with E-state index in [0.29, 0.717) is 23.9 Å². The van der Waals surface area contributed by atoms with Crippen molar-refractivity contribution in [1.29, 1.82) is 0 Å². The quantitative estimate of drug-likeness (QED) is 0.764. The van der Waals surface area contributed by atoms with Crippen LogP contribution in [-0.2, 0) is 0 Å². The molecule has 3 fully saturated rings. The van der Waals surface area contributed by atoms with Crippen LogP contribution in [0.5, 0.6) is 0 Å². The summed E-state index contributed by atoms with van der Waals surface area (Å²) in [5, 5.41) is 0. The van der Waals surface area contributed by atoms with Crippen molar-refractivity contribution in [3.8, 4) is 0 Å². The lowest BCUT2D eigenvalue weighted by Gasteiger charge is -2.55. The Morgan fingerprint density at radius 2 is 1.76 bits per heavy atom. The van der Waals surface area contributed by atoms with E-state index in [-0.39, 0.29) is 5.91 Å². The van der Waals surface area contributed by atoms with E-state index >= 15 is 0 Å². The normalized spacial score (nSPS) is 29.4. The first-order valence-corrected chi connectivity index (χ1v) is 11.1. The number of pyridine rings is 1. The zero-order valence-corrected chi connectivity index (χ0v) is 17.6. The highest BCUT2D eigenvalue weighted by Crippen LogP contribution is 2.44. The molecule has 0 aliphatic carbocycles. The van der Waals surface area contributed by atoms with E-state index in [1.54, 1.807) is 0 Å². The Morgan fingerprint density at radius 1 is 1.00 bits per heavy atom. The number of amides is 1. The van der Waals surface area contributed by atoms with E-state index in [0.717, 1.165) is 36.6 Å². The predicted molar refractivity (Wildman–Crippen MR) is 115 cm³/mol. The highest BCUT2D eigenvalue weighted by Gasteiger charge is 2.45. The van der Waals surface area contributed by atoms with Gasteiger partial charge in [0.2, 0.25) is 0 Å². The standard InChI is InChI=1S/C25H31N3O/c1-17-11-21(12-18(2)26-17)25(29)27-14-19-13-22(16-27)24-10-6-9-23(28(24)15-19)20-7-4-3-5-8-20/h3-5,7-8,11-12,19,22-24H,6,9-10,13-16H2,1-2H3/t19-,22+,23+,24-/m0/s1. The number of carbonyl (C=O) groups is 1. The van der Waals surface area contributed by atoms with E-state index in [9.17, 15) is 4.79 Å². The zero-order chi connectivity index (χ0) is 20.0. The first-order valence-electron chi connectivity index (χ1n) is 11.1. The molecule has 4 atom stereocenters. The molecule has 3 aliphatic rings. The summed E-state index contributed by atoms with van der Waals surface area (Å²) in [5.41, 5.74) is 4.12. The summed E-state index contributed by atoms with van der Waals surface area (Å²) < 4.78 is 0. The molecular weight excluding hydrogens is 358 g/mol. The molecule has 1 aromatic heterocycles. The van der Waals surface area contributed by atoms with Gasteiger partial charge in [-0.25, -0.2) is 0 Å². The summed E-state index contributed by atoms with van der Waals surface area (Å²) in [6.45, 7) is 6.86. The van der Waals surface area contributed by atoms with Crippen molar-refractivity contribution in [3.05, 3.63) is 65.0 Å². The fourth-order valence-electron chi connectivity index (χ4n) is 6.15. The molecule has 0 saturated carbocycles. The number of hydrogen-bond acceptors (Lipinski definition) is 3. The van der Waals surface area contributed by atoms with Crippen LogP contribution in [0, 0.1) is 25.7 Å². The lowest BCUT2D eigenvalue weighted by molar-refractivity contribution is -0.0511. The summed E-state index contributed by atoms with van der Waals surface area (Å²) >= 11 is 0. The maximum atomic E-state index is 13.3. The predicted octanol–water partition coefficient (Wildman–Crippen LogP) is 4.39. The Hall–Kier alpha value is -2.20.